The Morgan fingerprint density at radius 2 is 0.810 bits per heavy atom. The minimum Gasteiger partial charge on any atom is -0.338 e. The third-order valence-corrected chi connectivity index (χ3v) is 8.53. The van der Waals surface area contributed by atoms with Crippen LogP contribution < -0.4 is 10.6 Å². The summed E-state index contributed by atoms with van der Waals surface area (Å²) < 4.78 is 0. The summed E-state index contributed by atoms with van der Waals surface area (Å²) in [4.78, 5) is 38.2. The summed E-state index contributed by atoms with van der Waals surface area (Å²) in [6, 6.07) is -1.01. The zero-order chi connectivity index (χ0) is 30.9. The summed E-state index contributed by atoms with van der Waals surface area (Å²) in [6.07, 6.45) is 33.0. The molecule has 0 aliphatic rings. The monoisotopic (exact) mass is 593 g/mol. The normalized spacial score (nSPS) is 11.9. The lowest BCUT2D eigenvalue weighted by Crippen LogP contribution is -2.47. The molecular formula is C37H72N2O3. The molecule has 0 aromatic carbocycles. The van der Waals surface area contributed by atoms with Crippen molar-refractivity contribution < 1.29 is 14.4 Å². The van der Waals surface area contributed by atoms with E-state index in [0.29, 0.717) is 19.4 Å². The molecule has 0 rings (SSSR count). The largest absolute Gasteiger partial charge is 0.338 e. The van der Waals surface area contributed by atoms with Gasteiger partial charge in [0.15, 0.2) is 5.78 Å². The Kier molecular flexibility index (Phi) is 31.4. The number of carbonyl (C=O) groups is 3. The van der Waals surface area contributed by atoms with E-state index in [1.54, 1.807) is 0 Å². The van der Waals surface area contributed by atoms with Gasteiger partial charge in [0.1, 0.15) is 5.78 Å². The summed E-state index contributed by atoms with van der Waals surface area (Å²) in [7, 11) is 0. The molecule has 0 radical (unpaired) electrons. The molecule has 0 aromatic rings. The fraction of sp³-hybridized carbons (Fsp3) is 0.919. The van der Waals surface area contributed by atoms with Crippen LogP contribution in [0.2, 0.25) is 0 Å². The molecule has 0 aliphatic carbocycles. The molecule has 5 nitrogen and oxygen atoms in total. The second kappa shape index (κ2) is 32.5. The maximum atomic E-state index is 13.0. The molecule has 42 heavy (non-hydrogen) atoms. The second-order valence-corrected chi connectivity index (χ2v) is 12.8. The van der Waals surface area contributed by atoms with Crippen molar-refractivity contribution in [2.45, 2.75) is 213 Å². The first-order chi connectivity index (χ1) is 20.5. The maximum absolute atomic E-state index is 13.0. The smallest absolute Gasteiger partial charge is 0.315 e. The van der Waals surface area contributed by atoms with Crippen LogP contribution in [0.4, 0.5) is 4.79 Å². The number of carbonyl (C=O) groups excluding carboxylic acids is 3. The van der Waals surface area contributed by atoms with Gasteiger partial charge in [-0.1, -0.05) is 168 Å². The lowest BCUT2D eigenvalue weighted by atomic mass is 9.97. The SMILES string of the molecule is CCCCCCCCCCCCCCC(=O)CC(NC(=O)NCCCCC)C(=O)CCCCCCCCCCCCC. The van der Waals surface area contributed by atoms with Crippen molar-refractivity contribution in [3.8, 4) is 0 Å². The predicted octanol–water partition coefficient (Wildman–Crippen LogP) is 11.2. The topological polar surface area (TPSA) is 75.3 Å². The quantitative estimate of drug-likeness (QED) is 0.0744. The number of nitrogens with one attached hydrogen (secondary N) is 2. The Morgan fingerprint density at radius 1 is 0.452 bits per heavy atom. The van der Waals surface area contributed by atoms with Gasteiger partial charge in [0.05, 0.1) is 6.04 Å². The first-order valence-corrected chi connectivity index (χ1v) is 18.6. The minimum atomic E-state index is -0.691. The van der Waals surface area contributed by atoms with Gasteiger partial charge < -0.3 is 10.6 Å². The standard InChI is InChI=1S/C37H72N2O3/c1-4-7-10-12-14-16-18-20-21-23-25-27-30-34(40)33-35(39-37(42)38-32-29-9-6-3)36(41)31-28-26-24-22-19-17-15-13-11-8-5-2/h35H,4-33H2,1-3H3,(H2,38,39,42). The molecule has 0 heterocycles. The number of unbranched alkanes of at least 4 members (excludes halogenated alkanes) is 23. The number of urea groups is 1. The molecule has 1 unspecified atom stereocenters. The molecule has 1 atom stereocenters. The summed E-state index contributed by atoms with van der Waals surface area (Å²) in [5, 5.41) is 5.71. The molecule has 2 amide bonds. The van der Waals surface area contributed by atoms with Gasteiger partial charge in [0.2, 0.25) is 0 Å². The Labute approximate surface area is 261 Å². The second-order valence-electron chi connectivity index (χ2n) is 12.8. The first kappa shape index (κ1) is 40.6. The first-order valence-electron chi connectivity index (χ1n) is 18.6. The van der Waals surface area contributed by atoms with Gasteiger partial charge in [-0.3, -0.25) is 9.59 Å². The zero-order valence-corrected chi connectivity index (χ0v) is 28.5. The molecule has 0 saturated heterocycles. The fourth-order valence-electron chi connectivity index (χ4n) is 5.66. The predicted molar refractivity (Wildman–Crippen MR) is 181 cm³/mol. The van der Waals surface area contributed by atoms with E-state index >= 15 is 0 Å². The van der Waals surface area contributed by atoms with Gasteiger partial charge in [-0.2, -0.15) is 0 Å². The van der Waals surface area contributed by atoms with E-state index in [0.717, 1.165) is 51.4 Å². The summed E-state index contributed by atoms with van der Waals surface area (Å²) >= 11 is 0. The van der Waals surface area contributed by atoms with E-state index in [-0.39, 0.29) is 24.0 Å². The highest BCUT2D eigenvalue weighted by Gasteiger charge is 2.23. The van der Waals surface area contributed by atoms with E-state index in [1.165, 1.54) is 116 Å². The van der Waals surface area contributed by atoms with Crippen molar-refractivity contribution >= 4 is 17.6 Å². The van der Waals surface area contributed by atoms with Crippen LogP contribution in [0.3, 0.4) is 0 Å². The molecule has 2 N–H and O–H groups in total. The molecule has 0 spiro atoms. The summed E-state index contributed by atoms with van der Waals surface area (Å²) in [5.41, 5.74) is 0. The molecule has 0 aliphatic heterocycles. The lowest BCUT2D eigenvalue weighted by Gasteiger charge is -2.18. The average molecular weight is 593 g/mol. The van der Waals surface area contributed by atoms with Crippen LogP contribution in [0.15, 0.2) is 0 Å². The molecule has 0 bridgehead atoms. The number of ketones is 2. The van der Waals surface area contributed by atoms with Crippen LogP contribution in [0.1, 0.15) is 207 Å². The number of rotatable bonds is 33. The Bertz CT molecular complexity index is 622. The van der Waals surface area contributed by atoms with E-state index < -0.39 is 6.04 Å². The minimum absolute atomic E-state index is 0.0117. The Balaban J connectivity index is 4.24. The average Bonchev–Trinajstić information content (AvgIpc) is 2.98. The Hall–Kier alpha value is -1.39. The van der Waals surface area contributed by atoms with Gasteiger partial charge in [-0.05, 0) is 19.3 Å². The molecule has 0 aromatic heterocycles. The molecular weight excluding hydrogens is 520 g/mol. The van der Waals surface area contributed by atoms with Crippen molar-refractivity contribution in [2.24, 2.45) is 0 Å². The fourth-order valence-corrected chi connectivity index (χ4v) is 5.66. The number of hydrogen-bond acceptors (Lipinski definition) is 3. The van der Waals surface area contributed by atoms with Crippen LogP contribution in [0.25, 0.3) is 0 Å². The van der Waals surface area contributed by atoms with Crippen molar-refractivity contribution in [2.75, 3.05) is 6.54 Å². The highest BCUT2D eigenvalue weighted by Crippen LogP contribution is 2.15. The summed E-state index contributed by atoms with van der Waals surface area (Å²) in [6.45, 7) is 7.25. The third kappa shape index (κ3) is 28.7. The van der Waals surface area contributed by atoms with Gasteiger partial charge in [-0.15, -0.1) is 0 Å². The van der Waals surface area contributed by atoms with E-state index in [9.17, 15) is 14.4 Å². The maximum Gasteiger partial charge on any atom is 0.315 e. The zero-order valence-electron chi connectivity index (χ0n) is 28.5. The van der Waals surface area contributed by atoms with E-state index in [1.807, 2.05) is 0 Å². The third-order valence-electron chi connectivity index (χ3n) is 8.53. The van der Waals surface area contributed by atoms with Crippen LogP contribution in [0, 0.1) is 0 Å². The van der Waals surface area contributed by atoms with Crippen molar-refractivity contribution in [3.63, 3.8) is 0 Å². The van der Waals surface area contributed by atoms with Gasteiger partial charge in [-0.25, -0.2) is 4.79 Å². The summed E-state index contributed by atoms with van der Waals surface area (Å²) in [5.74, 6) is 0.114. The van der Waals surface area contributed by atoms with E-state index in [4.69, 9.17) is 0 Å². The molecule has 0 saturated carbocycles. The van der Waals surface area contributed by atoms with Crippen LogP contribution in [-0.4, -0.2) is 30.2 Å². The van der Waals surface area contributed by atoms with Gasteiger partial charge >= 0.3 is 6.03 Å². The van der Waals surface area contributed by atoms with Crippen LogP contribution >= 0.6 is 0 Å². The van der Waals surface area contributed by atoms with Gasteiger partial charge in [0, 0.05) is 25.8 Å². The van der Waals surface area contributed by atoms with Crippen molar-refractivity contribution in [1.29, 1.82) is 0 Å². The van der Waals surface area contributed by atoms with Gasteiger partial charge in [0.25, 0.3) is 0 Å². The Morgan fingerprint density at radius 3 is 1.24 bits per heavy atom. The number of hydrogen-bond donors (Lipinski definition) is 2. The highest BCUT2D eigenvalue weighted by atomic mass is 16.2. The highest BCUT2D eigenvalue weighted by molar-refractivity contribution is 5.93. The lowest BCUT2D eigenvalue weighted by molar-refractivity contribution is -0.126. The van der Waals surface area contributed by atoms with Crippen LogP contribution in [0.5, 0.6) is 0 Å². The molecule has 248 valence electrons. The van der Waals surface area contributed by atoms with Crippen molar-refractivity contribution in [3.05, 3.63) is 0 Å². The van der Waals surface area contributed by atoms with E-state index in [2.05, 4.69) is 31.4 Å². The molecule has 5 heteroatoms. The number of amides is 2. The van der Waals surface area contributed by atoms with Crippen LogP contribution in [-0.2, 0) is 9.59 Å². The number of Topliss-reactive ketones (excluding diaryl/α,β-unsaturated/α-hetero) is 2. The van der Waals surface area contributed by atoms with Crippen molar-refractivity contribution in [1.82, 2.24) is 10.6 Å². The molecule has 0 fully saturated rings.